The van der Waals surface area contributed by atoms with Crippen LogP contribution >= 0.6 is 0 Å². The van der Waals surface area contributed by atoms with Crippen LogP contribution in [0, 0.1) is 0 Å². The smallest absolute Gasteiger partial charge is 0.0867 e. The molecule has 5 N–H and O–H groups in total. The van der Waals surface area contributed by atoms with Crippen LogP contribution in [0.15, 0.2) is 48.5 Å². The minimum absolute atomic E-state index is 0.0739. The van der Waals surface area contributed by atoms with Crippen LogP contribution in [0.5, 0.6) is 0 Å². The van der Waals surface area contributed by atoms with E-state index in [4.69, 9.17) is 11.5 Å². The molecule has 0 bridgehead atoms. The van der Waals surface area contributed by atoms with Gasteiger partial charge in [-0.25, -0.2) is 0 Å². The van der Waals surface area contributed by atoms with Gasteiger partial charge in [0.25, 0.3) is 0 Å². The third-order valence-corrected chi connectivity index (χ3v) is 5.19. The molecule has 0 radical (unpaired) electrons. The molecule has 120 valence electrons. The summed E-state index contributed by atoms with van der Waals surface area (Å²) in [5, 5.41) is 3.63. The SMILES string of the molecule is NCC1CN(C2NCC(N)c3ccccc32)Cc2ccccc21. The number of nitrogens with zero attached hydrogens (tertiary/aromatic N) is 1. The Hall–Kier alpha value is -1.72. The van der Waals surface area contributed by atoms with Gasteiger partial charge in [0, 0.05) is 38.1 Å². The molecule has 0 saturated carbocycles. The Morgan fingerprint density at radius 2 is 1.70 bits per heavy atom. The first kappa shape index (κ1) is 14.8. The highest BCUT2D eigenvalue weighted by Gasteiger charge is 2.33. The first-order valence-electron chi connectivity index (χ1n) is 8.37. The minimum Gasteiger partial charge on any atom is -0.330 e. The van der Waals surface area contributed by atoms with Crippen LogP contribution in [-0.2, 0) is 6.54 Å². The number of nitrogens with two attached hydrogens (primary N) is 2. The quantitative estimate of drug-likeness (QED) is 0.792. The summed E-state index contributed by atoms with van der Waals surface area (Å²) in [6, 6.07) is 17.3. The Morgan fingerprint density at radius 3 is 2.48 bits per heavy atom. The summed E-state index contributed by atoms with van der Waals surface area (Å²) in [5.41, 5.74) is 17.7. The van der Waals surface area contributed by atoms with Gasteiger partial charge in [0.05, 0.1) is 6.17 Å². The molecule has 4 heteroatoms. The predicted octanol–water partition coefficient (Wildman–Crippen LogP) is 1.85. The summed E-state index contributed by atoms with van der Waals surface area (Å²) in [6.07, 6.45) is 0.216. The van der Waals surface area contributed by atoms with E-state index in [1.165, 1.54) is 22.3 Å². The maximum Gasteiger partial charge on any atom is 0.0867 e. The number of fused-ring (bicyclic) bond motifs is 2. The maximum absolute atomic E-state index is 6.27. The minimum atomic E-state index is 0.0739. The average molecular weight is 308 g/mol. The van der Waals surface area contributed by atoms with Crippen molar-refractivity contribution in [2.75, 3.05) is 19.6 Å². The zero-order valence-corrected chi connectivity index (χ0v) is 13.3. The molecule has 4 rings (SSSR count). The Balaban J connectivity index is 1.69. The second-order valence-corrected chi connectivity index (χ2v) is 6.61. The number of hydrogen-bond acceptors (Lipinski definition) is 4. The third kappa shape index (κ3) is 2.58. The third-order valence-electron chi connectivity index (χ3n) is 5.19. The first-order valence-corrected chi connectivity index (χ1v) is 8.37. The molecule has 0 fully saturated rings. The fourth-order valence-corrected chi connectivity index (χ4v) is 4.02. The fourth-order valence-electron chi connectivity index (χ4n) is 4.02. The van der Waals surface area contributed by atoms with Crippen molar-refractivity contribution in [3.8, 4) is 0 Å². The molecular weight excluding hydrogens is 284 g/mol. The topological polar surface area (TPSA) is 67.3 Å². The van der Waals surface area contributed by atoms with E-state index in [-0.39, 0.29) is 12.2 Å². The molecule has 3 unspecified atom stereocenters. The number of hydrogen-bond donors (Lipinski definition) is 3. The van der Waals surface area contributed by atoms with Crippen molar-refractivity contribution in [3.05, 3.63) is 70.8 Å². The lowest BCUT2D eigenvalue weighted by atomic mass is 9.87. The molecule has 2 aliphatic heterocycles. The lowest BCUT2D eigenvalue weighted by molar-refractivity contribution is 0.126. The molecular formula is C19H24N4. The zero-order chi connectivity index (χ0) is 15.8. The summed E-state index contributed by atoms with van der Waals surface area (Å²) in [5.74, 6) is 0.393. The van der Waals surface area contributed by atoms with E-state index in [0.717, 1.165) is 19.6 Å². The van der Waals surface area contributed by atoms with Gasteiger partial charge in [-0.2, -0.15) is 0 Å². The summed E-state index contributed by atoms with van der Waals surface area (Å²) in [4.78, 5) is 2.50. The van der Waals surface area contributed by atoms with E-state index < -0.39 is 0 Å². The van der Waals surface area contributed by atoms with Gasteiger partial charge >= 0.3 is 0 Å². The van der Waals surface area contributed by atoms with Gasteiger partial charge in [0.2, 0.25) is 0 Å². The van der Waals surface area contributed by atoms with Gasteiger partial charge in [-0.15, -0.1) is 0 Å². The summed E-state index contributed by atoms with van der Waals surface area (Å²) in [7, 11) is 0. The highest BCUT2D eigenvalue weighted by molar-refractivity contribution is 5.37. The average Bonchev–Trinajstić information content (AvgIpc) is 2.61. The van der Waals surface area contributed by atoms with Crippen LogP contribution in [-0.4, -0.2) is 24.5 Å². The van der Waals surface area contributed by atoms with Crippen molar-refractivity contribution >= 4 is 0 Å². The Bertz CT molecular complexity index is 699. The van der Waals surface area contributed by atoms with Gasteiger partial charge in [0.15, 0.2) is 0 Å². The van der Waals surface area contributed by atoms with Crippen LogP contribution in [0.4, 0.5) is 0 Å². The number of nitrogens with one attached hydrogen (secondary N) is 1. The Labute approximate surface area is 137 Å². The van der Waals surface area contributed by atoms with E-state index in [0.29, 0.717) is 12.5 Å². The van der Waals surface area contributed by atoms with Crippen LogP contribution in [0.3, 0.4) is 0 Å². The summed E-state index contributed by atoms with van der Waals surface area (Å²) in [6.45, 7) is 3.43. The molecule has 23 heavy (non-hydrogen) atoms. The second kappa shape index (κ2) is 6.06. The van der Waals surface area contributed by atoms with Crippen LogP contribution in [0.2, 0.25) is 0 Å². The predicted molar refractivity (Wildman–Crippen MR) is 92.8 cm³/mol. The highest BCUT2D eigenvalue weighted by Crippen LogP contribution is 2.35. The maximum atomic E-state index is 6.27. The van der Waals surface area contributed by atoms with E-state index in [1.54, 1.807) is 0 Å². The monoisotopic (exact) mass is 308 g/mol. The van der Waals surface area contributed by atoms with Crippen molar-refractivity contribution < 1.29 is 0 Å². The van der Waals surface area contributed by atoms with Gasteiger partial charge < -0.3 is 11.5 Å². The zero-order valence-electron chi connectivity index (χ0n) is 13.3. The van der Waals surface area contributed by atoms with E-state index in [1.807, 2.05) is 0 Å². The largest absolute Gasteiger partial charge is 0.330 e. The van der Waals surface area contributed by atoms with Gasteiger partial charge in [0.1, 0.15) is 0 Å². The molecule has 2 aromatic carbocycles. The molecule has 0 aliphatic carbocycles. The molecule has 3 atom stereocenters. The van der Waals surface area contributed by atoms with Crippen molar-refractivity contribution in [2.24, 2.45) is 11.5 Å². The normalized spacial score (nSPS) is 27.3. The van der Waals surface area contributed by atoms with Gasteiger partial charge in [-0.3, -0.25) is 10.2 Å². The van der Waals surface area contributed by atoms with Crippen LogP contribution < -0.4 is 16.8 Å². The molecule has 2 heterocycles. The van der Waals surface area contributed by atoms with Crippen LogP contribution in [0.25, 0.3) is 0 Å². The molecule has 2 aromatic rings. The Morgan fingerprint density at radius 1 is 1.00 bits per heavy atom. The van der Waals surface area contributed by atoms with Crippen molar-refractivity contribution in [2.45, 2.75) is 24.7 Å². The number of benzene rings is 2. The molecule has 4 nitrogen and oxygen atoms in total. The van der Waals surface area contributed by atoms with Crippen molar-refractivity contribution in [1.29, 1.82) is 0 Å². The molecule has 0 spiro atoms. The molecule has 0 saturated heterocycles. The van der Waals surface area contributed by atoms with Crippen molar-refractivity contribution in [3.63, 3.8) is 0 Å². The molecule has 0 aromatic heterocycles. The van der Waals surface area contributed by atoms with E-state index in [2.05, 4.69) is 58.7 Å². The van der Waals surface area contributed by atoms with Gasteiger partial charge in [-0.05, 0) is 22.3 Å². The fraction of sp³-hybridized carbons (Fsp3) is 0.368. The molecule has 0 amide bonds. The lowest BCUT2D eigenvalue weighted by Crippen LogP contribution is -2.48. The molecule has 2 aliphatic rings. The van der Waals surface area contributed by atoms with E-state index >= 15 is 0 Å². The van der Waals surface area contributed by atoms with Crippen molar-refractivity contribution in [1.82, 2.24) is 10.2 Å². The Kier molecular flexibility index (Phi) is 3.91. The van der Waals surface area contributed by atoms with E-state index in [9.17, 15) is 0 Å². The highest BCUT2D eigenvalue weighted by atomic mass is 15.3. The first-order chi connectivity index (χ1) is 11.3. The second-order valence-electron chi connectivity index (χ2n) is 6.61. The van der Waals surface area contributed by atoms with Crippen LogP contribution in [0.1, 0.15) is 40.4 Å². The standard InChI is InChI=1S/C19H24N4/c20-9-14-12-23(11-13-5-1-2-6-15(13)14)19-17-8-4-3-7-16(17)18(21)10-22-19/h1-8,14,18-19,22H,9-12,20-21H2. The lowest BCUT2D eigenvalue weighted by Gasteiger charge is -2.43. The number of rotatable bonds is 2. The summed E-state index contributed by atoms with van der Waals surface area (Å²) >= 11 is 0. The van der Waals surface area contributed by atoms with Gasteiger partial charge in [-0.1, -0.05) is 48.5 Å². The summed E-state index contributed by atoms with van der Waals surface area (Å²) < 4.78 is 0.